The van der Waals surface area contributed by atoms with E-state index in [1.165, 1.54) is 4.90 Å². The summed E-state index contributed by atoms with van der Waals surface area (Å²) in [6, 6.07) is 0. The van der Waals surface area contributed by atoms with Crippen LogP contribution in [0, 0.1) is 6.92 Å². The highest BCUT2D eigenvalue weighted by atomic mass is 16.5. The molecular weight excluding hydrogens is 304 g/mol. The number of hydrogen-bond acceptors (Lipinski definition) is 8. The van der Waals surface area contributed by atoms with Crippen molar-refractivity contribution in [2.24, 2.45) is 0 Å². The van der Waals surface area contributed by atoms with Crippen molar-refractivity contribution < 1.29 is 24.5 Å². The van der Waals surface area contributed by atoms with Crippen LogP contribution >= 0.6 is 0 Å². The Morgan fingerprint density at radius 3 is 2.65 bits per heavy atom. The van der Waals surface area contributed by atoms with Crippen LogP contribution in [0.2, 0.25) is 0 Å². The minimum absolute atomic E-state index is 0.0370. The van der Waals surface area contributed by atoms with E-state index in [0.717, 1.165) is 0 Å². The highest BCUT2D eigenvalue weighted by Gasteiger charge is 2.33. The Labute approximate surface area is 133 Å². The molecule has 3 rings (SSSR count). The van der Waals surface area contributed by atoms with Crippen molar-refractivity contribution in [3.8, 4) is 5.75 Å². The number of aliphatic hydroxyl groups is 2. The van der Waals surface area contributed by atoms with E-state index in [4.69, 9.17) is 14.6 Å². The molecule has 2 aliphatic heterocycles. The first-order valence-corrected chi connectivity index (χ1v) is 7.53. The predicted octanol–water partition coefficient (Wildman–Crippen LogP) is -1.30. The topological polar surface area (TPSA) is 108 Å². The first kappa shape index (κ1) is 15.9. The van der Waals surface area contributed by atoms with E-state index in [0.29, 0.717) is 49.5 Å². The molecule has 0 radical (unpaired) electrons. The molecule has 0 spiro atoms. The first-order chi connectivity index (χ1) is 11.1. The summed E-state index contributed by atoms with van der Waals surface area (Å²) < 4.78 is 10.9. The monoisotopic (exact) mass is 324 g/mol. The fourth-order valence-corrected chi connectivity index (χ4v) is 2.62. The highest BCUT2D eigenvalue weighted by Crippen LogP contribution is 2.38. The molecule has 0 aliphatic carbocycles. The average Bonchev–Trinajstić information content (AvgIpc) is 2.57. The van der Waals surface area contributed by atoms with Gasteiger partial charge in [-0.2, -0.15) is 0 Å². The largest absolute Gasteiger partial charge is 0.476 e. The number of amides is 1. The molecule has 23 heavy (non-hydrogen) atoms. The van der Waals surface area contributed by atoms with Gasteiger partial charge in [-0.15, -0.1) is 0 Å². The van der Waals surface area contributed by atoms with Crippen molar-refractivity contribution in [1.29, 1.82) is 0 Å². The summed E-state index contributed by atoms with van der Waals surface area (Å²) in [6.45, 7) is 3.69. The van der Waals surface area contributed by atoms with Crippen LogP contribution in [-0.4, -0.2) is 78.3 Å². The maximum absolute atomic E-state index is 12.1. The zero-order valence-corrected chi connectivity index (χ0v) is 12.9. The summed E-state index contributed by atoms with van der Waals surface area (Å²) in [7, 11) is 0. The lowest BCUT2D eigenvalue weighted by atomic mass is 10.2. The second-order valence-electron chi connectivity index (χ2n) is 5.48. The second kappa shape index (κ2) is 6.65. The molecular formula is C14H20N4O5. The Balaban J connectivity index is 1.98. The summed E-state index contributed by atoms with van der Waals surface area (Å²) in [5, 5.41) is 18.7. The lowest BCUT2D eigenvalue weighted by molar-refractivity contribution is -0.121. The van der Waals surface area contributed by atoms with Crippen molar-refractivity contribution in [1.82, 2.24) is 9.97 Å². The summed E-state index contributed by atoms with van der Waals surface area (Å²) in [4.78, 5) is 24.3. The third-order valence-electron chi connectivity index (χ3n) is 3.75. The molecule has 2 N–H and O–H groups in total. The number of hydrogen-bond donors (Lipinski definition) is 2. The molecule has 1 fully saturated rings. The number of ether oxygens (including phenoxy) is 2. The molecule has 126 valence electrons. The summed E-state index contributed by atoms with van der Waals surface area (Å²) >= 11 is 0. The van der Waals surface area contributed by atoms with Crippen LogP contribution in [-0.2, 0) is 9.53 Å². The third-order valence-corrected chi connectivity index (χ3v) is 3.75. The molecule has 0 saturated carbocycles. The van der Waals surface area contributed by atoms with Crippen molar-refractivity contribution in [2.75, 3.05) is 55.9 Å². The minimum atomic E-state index is -1.04. The summed E-state index contributed by atoms with van der Waals surface area (Å²) in [5.41, 5.74) is 0. The number of rotatable bonds is 4. The number of anilines is 2. The fourth-order valence-electron chi connectivity index (χ4n) is 2.62. The van der Waals surface area contributed by atoms with Gasteiger partial charge in [-0.3, -0.25) is 9.69 Å². The van der Waals surface area contributed by atoms with Gasteiger partial charge in [0.2, 0.25) is 5.75 Å². The van der Waals surface area contributed by atoms with Crippen LogP contribution in [0.5, 0.6) is 5.75 Å². The lowest BCUT2D eigenvalue weighted by Gasteiger charge is -2.34. The van der Waals surface area contributed by atoms with E-state index >= 15 is 0 Å². The van der Waals surface area contributed by atoms with Gasteiger partial charge in [0.15, 0.2) is 18.2 Å². The smallest absolute Gasteiger partial charge is 0.266 e. The Morgan fingerprint density at radius 2 is 1.96 bits per heavy atom. The molecule has 1 atom stereocenters. The molecule has 1 unspecified atom stereocenters. The van der Waals surface area contributed by atoms with E-state index in [9.17, 15) is 9.90 Å². The molecule has 1 aromatic heterocycles. The van der Waals surface area contributed by atoms with Crippen LogP contribution in [0.15, 0.2) is 0 Å². The van der Waals surface area contributed by atoms with E-state index in [1.54, 1.807) is 6.92 Å². The zero-order valence-electron chi connectivity index (χ0n) is 12.9. The van der Waals surface area contributed by atoms with Crippen LogP contribution in [0.3, 0.4) is 0 Å². The van der Waals surface area contributed by atoms with Gasteiger partial charge in [0.25, 0.3) is 5.91 Å². The lowest BCUT2D eigenvalue weighted by Crippen LogP contribution is -2.45. The van der Waals surface area contributed by atoms with Crippen molar-refractivity contribution in [3.05, 3.63) is 5.82 Å². The predicted molar refractivity (Wildman–Crippen MR) is 80.7 cm³/mol. The Kier molecular flexibility index (Phi) is 4.60. The van der Waals surface area contributed by atoms with Crippen molar-refractivity contribution >= 4 is 17.5 Å². The summed E-state index contributed by atoms with van der Waals surface area (Å²) in [5.74, 6) is 1.60. The Hall–Kier alpha value is -1.97. The number of fused-ring (bicyclic) bond motifs is 1. The van der Waals surface area contributed by atoms with Gasteiger partial charge < -0.3 is 24.6 Å². The number of carbonyl (C=O) groups excluding carboxylic acids is 1. The normalized spacial score (nSPS) is 19.3. The van der Waals surface area contributed by atoms with Gasteiger partial charge in [-0.25, -0.2) is 9.97 Å². The number of nitrogens with zero attached hydrogens (tertiary/aromatic N) is 4. The quantitative estimate of drug-likeness (QED) is 0.703. The zero-order chi connectivity index (χ0) is 16.4. The number of β-amino-alcohol motifs (C(OH)–C–C–N with tert-alkyl or cyclic N) is 1. The summed E-state index contributed by atoms with van der Waals surface area (Å²) in [6.07, 6.45) is -1.04. The fraction of sp³-hybridized carbons (Fsp3) is 0.643. The van der Waals surface area contributed by atoms with Crippen LogP contribution in [0.1, 0.15) is 5.82 Å². The van der Waals surface area contributed by atoms with Crippen LogP contribution < -0.4 is 14.5 Å². The molecule has 0 bridgehead atoms. The Bertz CT molecular complexity index is 591. The average molecular weight is 324 g/mol. The maximum Gasteiger partial charge on any atom is 0.266 e. The van der Waals surface area contributed by atoms with Crippen molar-refractivity contribution in [3.63, 3.8) is 0 Å². The van der Waals surface area contributed by atoms with Crippen LogP contribution in [0.4, 0.5) is 11.6 Å². The van der Waals surface area contributed by atoms with Crippen LogP contribution in [0.25, 0.3) is 0 Å². The second-order valence-corrected chi connectivity index (χ2v) is 5.48. The minimum Gasteiger partial charge on any atom is -0.476 e. The number of aromatic nitrogens is 2. The van der Waals surface area contributed by atoms with E-state index in [2.05, 4.69) is 9.97 Å². The van der Waals surface area contributed by atoms with Gasteiger partial charge in [0.1, 0.15) is 5.82 Å². The van der Waals surface area contributed by atoms with Gasteiger partial charge in [0, 0.05) is 13.1 Å². The molecule has 1 amide bonds. The Morgan fingerprint density at radius 1 is 1.26 bits per heavy atom. The molecule has 0 aromatic carbocycles. The highest BCUT2D eigenvalue weighted by molar-refractivity contribution is 5.97. The number of aliphatic hydroxyl groups excluding tert-OH is 2. The van der Waals surface area contributed by atoms with E-state index in [1.807, 2.05) is 4.90 Å². The molecule has 2 aliphatic rings. The standard InChI is InChI=1S/C14H20N4O5/c1-9-15-13(17-2-4-22-5-3-17)12-14(16-9)18(6-10(20)7-19)11(21)8-23-12/h10,19-20H,2-8H2,1H3. The molecule has 3 heterocycles. The van der Waals surface area contributed by atoms with Gasteiger partial charge >= 0.3 is 0 Å². The van der Waals surface area contributed by atoms with E-state index < -0.39 is 12.7 Å². The number of aryl methyl sites for hydroxylation is 1. The van der Waals surface area contributed by atoms with E-state index in [-0.39, 0.29) is 19.1 Å². The maximum atomic E-state index is 12.1. The number of carbonyl (C=O) groups is 1. The molecule has 1 saturated heterocycles. The third kappa shape index (κ3) is 3.21. The number of morpholine rings is 1. The van der Waals surface area contributed by atoms with Crippen molar-refractivity contribution in [2.45, 2.75) is 13.0 Å². The SMILES string of the molecule is Cc1nc(N2CCOCC2)c2c(n1)N(CC(O)CO)C(=O)CO2. The first-order valence-electron chi connectivity index (χ1n) is 7.53. The van der Waals surface area contributed by atoms with Gasteiger partial charge in [-0.05, 0) is 6.92 Å². The molecule has 9 nitrogen and oxygen atoms in total. The van der Waals surface area contributed by atoms with Gasteiger partial charge in [-0.1, -0.05) is 0 Å². The molecule has 1 aromatic rings. The molecule has 9 heteroatoms. The van der Waals surface area contributed by atoms with Gasteiger partial charge in [0.05, 0.1) is 32.5 Å².